The zero-order valence-corrected chi connectivity index (χ0v) is 26.6. The highest BCUT2D eigenvalue weighted by molar-refractivity contribution is 5.92. The van der Waals surface area contributed by atoms with Crippen LogP contribution in [0.25, 0.3) is 6.08 Å². The summed E-state index contributed by atoms with van der Waals surface area (Å²) < 4.78 is 58.2. The molecule has 2 bridgehead atoms. The van der Waals surface area contributed by atoms with Gasteiger partial charge < -0.3 is 19.1 Å². The predicted octanol–water partition coefficient (Wildman–Crippen LogP) is 5.55. The van der Waals surface area contributed by atoms with Gasteiger partial charge in [0, 0.05) is 32.0 Å². The largest absolute Gasteiger partial charge is 0.483 e. The summed E-state index contributed by atoms with van der Waals surface area (Å²) in [6.07, 6.45) is 0.0666. The number of hydrogen-bond donors (Lipinski definition) is 0. The number of carbonyl (C=O) groups is 3. The topological polar surface area (TPSA) is 85.4 Å². The Morgan fingerprint density at radius 2 is 1.80 bits per heavy atom. The molecular formula is C35H39F3N2O6. The molecule has 4 aliphatic rings. The zero-order chi connectivity index (χ0) is 33.2. The first kappa shape index (κ1) is 32.1. The first-order valence-corrected chi connectivity index (χ1v) is 15.7. The lowest BCUT2D eigenvalue weighted by molar-refractivity contribution is -0.221. The molecule has 2 unspecified atom stereocenters. The number of alkyl halides is 3. The van der Waals surface area contributed by atoms with Crippen LogP contribution in [0.15, 0.2) is 42.5 Å². The fraction of sp³-hybridized carbons (Fsp3) is 0.514. The van der Waals surface area contributed by atoms with Crippen LogP contribution in [-0.4, -0.2) is 71.6 Å². The van der Waals surface area contributed by atoms with Crippen molar-refractivity contribution in [1.82, 2.24) is 9.80 Å². The number of ether oxygens (including phenoxy) is 3. The second-order valence-corrected chi connectivity index (χ2v) is 13.4. The number of likely N-dealkylation sites (N-methyl/N-ethyl adjacent to an activating group) is 1. The first-order chi connectivity index (χ1) is 21.7. The van der Waals surface area contributed by atoms with Crippen LogP contribution in [0.5, 0.6) is 11.5 Å². The molecule has 2 aromatic rings. The van der Waals surface area contributed by atoms with Crippen molar-refractivity contribution < 1.29 is 41.8 Å². The van der Waals surface area contributed by atoms with Gasteiger partial charge in [0.05, 0.1) is 23.1 Å². The van der Waals surface area contributed by atoms with Gasteiger partial charge in [-0.3, -0.25) is 19.3 Å². The fourth-order valence-corrected chi connectivity index (χ4v) is 8.53. The van der Waals surface area contributed by atoms with E-state index in [9.17, 15) is 27.6 Å². The van der Waals surface area contributed by atoms with Crippen molar-refractivity contribution in [3.05, 3.63) is 64.7 Å². The summed E-state index contributed by atoms with van der Waals surface area (Å²) in [5.41, 5.74) is -0.0918. The summed E-state index contributed by atoms with van der Waals surface area (Å²) in [6.45, 7) is 7.89. The quantitative estimate of drug-likeness (QED) is 0.223. The number of hydrogen-bond acceptors (Lipinski definition) is 7. The molecule has 11 heteroatoms. The third-order valence-electron chi connectivity index (χ3n) is 10.1. The number of piperidine rings is 1. The SMILES string of the molecule is CC(=O)Oc1ccc2c3c1OC1C(N(CC(C)C)C(=O)C=Cc4ccc(C(F)(F)F)cc4)CC[C@@]4(OC(C)=O)[C@@H](C2)N(C)CC[C@]314. The molecule has 8 nitrogen and oxygen atoms in total. The second-order valence-electron chi connectivity index (χ2n) is 13.4. The van der Waals surface area contributed by atoms with Crippen LogP contribution in [-0.2, 0) is 37.1 Å². The van der Waals surface area contributed by atoms with Crippen LogP contribution in [0.4, 0.5) is 13.2 Å². The summed E-state index contributed by atoms with van der Waals surface area (Å²) in [6, 6.07) is 7.81. The average molecular weight is 641 g/mol. The lowest BCUT2D eigenvalue weighted by atomic mass is 9.48. The van der Waals surface area contributed by atoms with Crippen LogP contribution in [0.3, 0.4) is 0 Å². The Morgan fingerprint density at radius 3 is 2.43 bits per heavy atom. The van der Waals surface area contributed by atoms with Gasteiger partial charge in [0.1, 0.15) is 11.7 Å². The number of benzene rings is 2. The molecule has 2 aliphatic heterocycles. The minimum absolute atomic E-state index is 0.0913. The Labute approximate surface area is 266 Å². The van der Waals surface area contributed by atoms with E-state index >= 15 is 0 Å². The molecule has 0 N–H and O–H groups in total. The third-order valence-corrected chi connectivity index (χ3v) is 10.1. The van der Waals surface area contributed by atoms with Crippen LogP contribution in [0.2, 0.25) is 0 Å². The van der Waals surface area contributed by atoms with Crippen LogP contribution in [0.1, 0.15) is 69.2 Å². The van der Waals surface area contributed by atoms with E-state index in [0.29, 0.717) is 55.8 Å². The second kappa shape index (κ2) is 11.4. The number of nitrogens with zero attached hydrogens (tertiary/aromatic N) is 2. The van der Waals surface area contributed by atoms with Crippen LogP contribution in [0, 0.1) is 5.92 Å². The van der Waals surface area contributed by atoms with Gasteiger partial charge in [-0.15, -0.1) is 0 Å². The van der Waals surface area contributed by atoms with E-state index in [1.165, 1.54) is 38.1 Å². The predicted molar refractivity (Wildman–Crippen MR) is 163 cm³/mol. The van der Waals surface area contributed by atoms with Gasteiger partial charge in [0.25, 0.3) is 0 Å². The molecule has 0 aromatic heterocycles. The maximum absolute atomic E-state index is 14.0. The molecule has 0 radical (unpaired) electrons. The van der Waals surface area contributed by atoms with Gasteiger partial charge in [-0.25, -0.2) is 0 Å². The highest BCUT2D eigenvalue weighted by atomic mass is 19.4. The molecule has 246 valence electrons. The Balaban J connectivity index is 1.44. The molecule has 2 aromatic carbocycles. The Bertz CT molecular complexity index is 1590. The molecule has 6 rings (SSSR count). The van der Waals surface area contributed by atoms with E-state index in [1.807, 2.05) is 27.0 Å². The van der Waals surface area contributed by atoms with E-state index in [-0.39, 0.29) is 23.8 Å². The highest BCUT2D eigenvalue weighted by Crippen LogP contribution is 2.67. The summed E-state index contributed by atoms with van der Waals surface area (Å²) in [7, 11) is 2.04. The Hall–Kier alpha value is -3.86. The third kappa shape index (κ3) is 5.07. The van der Waals surface area contributed by atoms with Crippen LogP contribution < -0.4 is 9.47 Å². The fourth-order valence-electron chi connectivity index (χ4n) is 8.53. The lowest BCUT2D eigenvalue weighted by Gasteiger charge is -2.65. The van der Waals surface area contributed by atoms with Crippen molar-refractivity contribution in [2.75, 3.05) is 20.1 Å². The van der Waals surface area contributed by atoms with E-state index in [4.69, 9.17) is 14.2 Å². The van der Waals surface area contributed by atoms with Gasteiger partial charge in [-0.05, 0) is 80.6 Å². The molecule has 2 aliphatic carbocycles. The van der Waals surface area contributed by atoms with E-state index in [2.05, 4.69) is 4.90 Å². The van der Waals surface area contributed by atoms with Crippen molar-refractivity contribution >= 4 is 23.9 Å². The maximum atomic E-state index is 14.0. The van der Waals surface area contributed by atoms with Gasteiger partial charge in [0.2, 0.25) is 5.91 Å². The standard InChI is InChI=1S/C35H39F3N2O6/c1-20(2)19-40(29(43)13-8-23-6-10-25(11-7-23)35(36,37)38)26-14-15-34(46-22(4)42)28-18-24-9-12-27(44-21(3)41)31-30(24)33(34,32(26)45-31)16-17-39(28)5/h6-13,20,26,28,32H,14-19H2,1-5H3/t26?,28-,32?,33+,34-/m1/s1. The number of rotatable bonds is 7. The summed E-state index contributed by atoms with van der Waals surface area (Å²) in [5, 5.41) is 0. The molecule has 5 atom stereocenters. The van der Waals surface area contributed by atoms with E-state index < -0.39 is 40.9 Å². The summed E-state index contributed by atoms with van der Waals surface area (Å²) in [4.78, 5) is 43.0. The number of esters is 2. The number of likely N-dealkylation sites (tertiary alicyclic amines) is 1. The highest BCUT2D eigenvalue weighted by Gasteiger charge is 2.75. The van der Waals surface area contributed by atoms with Crippen molar-refractivity contribution in [2.45, 2.75) is 88.8 Å². The minimum Gasteiger partial charge on any atom is -0.483 e. The Morgan fingerprint density at radius 1 is 1.09 bits per heavy atom. The van der Waals surface area contributed by atoms with Gasteiger partial charge in [-0.2, -0.15) is 13.2 Å². The van der Waals surface area contributed by atoms with Gasteiger partial charge in [-0.1, -0.05) is 32.0 Å². The number of halogens is 3. The number of carbonyl (C=O) groups excluding carboxylic acids is 3. The normalized spacial score (nSPS) is 28.1. The average Bonchev–Trinajstić information content (AvgIpc) is 3.33. The lowest BCUT2D eigenvalue weighted by Crippen LogP contribution is -2.79. The molecule has 2 heterocycles. The summed E-state index contributed by atoms with van der Waals surface area (Å²) in [5.74, 6) is -0.325. The first-order valence-electron chi connectivity index (χ1n) is 15.7. The molecular weight excluding hydrogens is 601 g/mol. The van der Waals surface area contributed by atoms with E-state index in [1.54, 1.807) is 11.0 Å². The van der Waals surface area contributed by atoms with Crippen molar-refractivity contribution in [1.29, 1.82) is 0 Å². The van der Waals surface area contributed by atoms with Crippen molar-refractivity contribution in [3.63, 3.8) is 0 Å². The summed E-state index contributed by atoms with van der Waals surface area (Å²) >= 11 is 0. The molecule has 1 amide bonds. The monoisotopic (exact) mass is 640 g/mol. The molecule has 1 spiro atoms. The molecule has 2 fully saturated rings. The van der Waals surface area contributed by atoms with Crippen LogP contribution >= 0.6 is 0 Å². The van der Waals surface area contributed by atoms with Gasteiger partial charge in [0.15, 0.2) is 11.5 Å². The Kier molecular flexibility index (Phi) is 7.98. The van der Waals surface area contributed by atoms with Gasteiger partial charge >= 0.3 is 18.1 Å². The van der Waals surface area contributed by atoms with Crippen molar-refractivity contribution in [2.24, 2.45) is 5.92 Å². The van der Waals surface area contributed by atoms with Crippen molar-refractivity contribution in [3.8, 4) is 11.5 Å². The molecule has 1 saturated heterocycles. The smallest absolute Gasteiger partial charge is 0.416 e. The molecule has 46 heavy (non-hydrogen) atoms. The van der Waals surface area contributed by atoms with E-state index in [0.717, 1.165) is 23.3 Å². The number of amides is 1. The molecule has 1 saturated carbocycles. The maximum Gasteiger partial charge on any atom is 0.416 e. The zero-order valence-electron chi connectivity index (χ0n) is 26.6. The minimum atomic E-state index is -4.45.